The molecule has 0 aromatic carbocycles. The summed E-state index contributed by atoms with van der Waals surface area (Å²) in [6.45, 7) is 28.2. The van der Waals surface area contributed by atoms with Crippen LogP contribution in [0.15, 0.2) is 0 Å². The quantitative estimate of drug-likeness (QED) is 0.436. The monoisotopic (exact) mass is 516 g/mol. The number of carbonyl (C=O) groups excluding carboxylic acids is 2. The Kier molecular flexibility index (Phi) is 7.00. The summed E-state index contributed by atoms with van der Waals surface area (Å²) in [5, 5.41) is 3.09. The Hall–Kier alpha value is -1.10. The van der Waals surface area contributed by atoms with Crippen LogP contribution in [-0.2, 0) is 14.3 Å². The van der Waals surface area contributed by atoms with Crippen LogP contribution in [-0.4, -0.2) is 48.6 Å². The number of amides is 2. The second-order valence-electron chi connectivity index (χ2n) is 17.1. The Labute approximate surface area is 227 Å². The molecule has 2 heterocycles. The van der Waals surface area contributed by atoms with Gasteiger partial charge in [-0.25, -0.2) is 0 Å². The van der Waals surface area contributed by atoms with Crippen molar-refractivity contribution >= 4 is 11.8 Å². The molecule has 2 amide bonds. The summed E-state index contributed by atoms with van der Waals surface area (Å²) >= 11 is 0. The summed E-state index contributed by atoms with van der Waals surface area (Å²) in [5.41, 5.74) is 0.972. The van der Waals surface area contributed by atoms with Crippen molar-refractivity contribution in [2.75, 3.05) is 19.7 Å². The third kappa shape index (κ3) is 5.50. The normalized spacial score (nSPS) is 42.8. The second kappa shape index (κ2) is 8.96. The van der Waals surface area contributed by atoms with Gasteiger partial charge in [-0.05, 0) is 76.9 Å². The van der Waals surface area contributed by atoms with E-state index in [-0.39, 0.29) is 58.1 Å². The summed E-state index contributed by atoms with van der Waals surface area (Å²) in [7, 11) is 0. The van der Waals surface area contributed by atoms with Gasteiger partial charge >= 0.3 is 0 Å². The lowest BCUT2D eigenvalue weighted by Gasteiger charge is -2.49. The molecule has 5 heteroatoms. The lowest BCUT2D eigenvalue weighted by Crippen LogP contribution is -2.62. The zero-order valence-electron chi connectivity index (χ0n) is 25.8. The predicted octanol–water partition coefficient (Wildman–Crippen LogP) is 6.45. The molecule has 0 aromatic rings. The number of hydrogen-bond acceptors (Lipinski definition) is 3. The molecule has 4 rings (SSSR count). The fourth-order valence-electron chi connectivity index (χ4n) is 10.2. The van der Waals surface area contributed by atoms with E-state index in [1.807, 2.05) is 4.90 Å². The number of ether oxygens (including phenoxy) is 1. The molecule has 212 valence electrons. The number of nitrogens with one attached hydrogen (secondary N) is 1. The van der Waals surface area contributed by atoms with Gasteiger partial charge < -0.3 is 15.0 Å². The van der Waals surface area contributed by atoms with Crippen LogP contribution in [0.3, 0.4) is 0 Å². The number of carbonyl (C=O) groups is 2. The van der Waals surface area contributed by atoms with Gasteiger partial charge in [-0.15, -0.1) is 0 Å². The molecule has 0 aromatic heterocycles. The van der Waals surface area contributed by atoms with Crippen molar-refractivity contribution in [1.82, 2.24) is 10.2 Å². The van der Waals surface area contributed by atoms with E-state index in [1.165, 1.54) is 12.8 Å². The van der Waals surface area contributed by atoms with Gasteiger partial charge in [0.2, 0.25) is 11.8 Å². The van der Waals surface area contributed by atoms with E-state index >= 15 is 0 Å². The highest BCUT2D eigenvalue weighted by Crippen LogP contribution is 2.76. The number of piperidine rings is 1. The molecule has 0 bridgehead atoms. The van der Waals surface area contributed by atoms with Gasteiger partial charge in [-0.3, -0.25) is 9.59 Å². The molecule has 0 spiro atoms. The van der Waals surface area contributed by atoms with Crippen LogP contribution in [0, 0.1) is 44.3 Å². The minimum atomic E-state index is -0.129. The molecule has 4 aliphatic rings. The topological polar surface area (TPSA) is 58.6 Å². The molecule has 0 radical (unpaired) electrons. The van der Waals surface area contributed by atoms with E-state index in [4.69, 9.17) is 4.74 Å². The zero-order valence-corrected chi connectivity index (χ0v) is 25.8. The molecular formula is C32H56N2O3. The first-order valence-electron chi connectivity index (χ1n) is 14.9. The first kappa shape index (κ1) is 28.9. The standard InChI is InChI=1S/C32H56N2O3/c1-21-31(10)19-27(2,3)14-22(26(36)34-13-12-24-23(15-34)33-25(35)16-37-24)30(8,9)18-28(4,5)17-29(6,7)20-32(21,31)11/h21-24H,12-20H2,1-11H3,(H,33,35). The lowest BCUT2D eigenvalue weighted by molar-refractivity contribution is -0.152. The first-order valence-corrected chi connectivity index (χ1v) is 14.9. The highest BCUT2D eigenvalue weighted by Gasteiger charge is 2.69. The number of likely N-dealkylation sites (tertiary alicyclic amines) is 1. The van der Waals surface area contributed by atoms with Crippen LogP contribution in [0.5, 0.6) is 0 Å². The molecule has 37 heavy (non-hydrogen) atoms. The van der Waals surface area contributed by atoms with Gasteiger partial charge in [0, 0.05) is 19.0 Å². The van der Waals surface area contributed by atoms with Gasteiger partial charge in [0.25, 0.3) is 0 Å². The van der Waals surface area contributed by atoms with Gasteiger partial charge in [-0.1, -0.05) is 76.2 Å². The molecule has 2 saturated carbocycles. The van der Waals surface area contributed by atoms with Crippen molar-refractivity contribution in [2.24, 2.45) is 44.3 Å². The molecule has 2 saturated heterocycles. The molecule has 2 aliphatic heterocycles. The van der Waals surface area contributed by atoms with Gasteiger partial charge in [0.05, 0.1) is 12.1 Å². The fraction of sp³-hybridized carbons (Fsp3) is 0.938. The maximum Gasteiger partial charge on any atom is 0.246 e. The Morgan fingerprint density at radius 1 is 0.865 bits per heavy atom. The molecule has 2 aliphatic carbocycles. The third-order valence-electron chi connectivity index (χ3n) is 11.3. The van der Waals surface area contributed by atoms with Gasteiger partial charge in [-0.2, -0.15) is 0 Å². The van der Waals surface area contributed by atoms with Crippen LogP contribution in [0.25, 0.3) is 0 Å². The van der Waals surface area contributed by atoms with Crippen molar-refractivity contribution in [2.45, 2.75) is 127 Å². The lowest BCUT2D eigenvalue weighted by atomic mass is 9.58. The molecule has 4 fully saturated rings. The molecule has 6 unspecified atom stereocenters. The van der Waals surface area contributed by atoms with Crippen LogP contribution < -0.4 is 5.32 Å². The highest BCUT2D eigenvalue weighted by atomic mass is 16.5. The Bertz CT molecular complexity index is 921. The summed E-state index contributed by atoms with van der Waals surface area (Å²) < 4.78 is 5.78. The largest absolute Gasteiger partial charge is 0.366 e. The van der Waals surface area contributed by atoms with Gasteiger partial charge in [0.1, 0.15) is 6.61 Å². The van der Waals surface area contributed by atoms with Crippen molar-refractivity contribution in [3.8, 4) is 0 Å². The average Bonchev–Trinajstić information content (AvgIpc) is 3.10. The number of rotatable bonds is 1. The smallest absolute Gasteiger partial charge is 0.246 e. The highest BCUT2D eigenvalue weighted by molar-refractivity contribution is 5.81. The van der Waals surface area contributed by atoms with Gasteiger partial charge in [0.15, 0.2) is 0 Å². The summed E-state index contributed by atoms with van der Waals surface area (Å²) in [6, 6.07) is -0.0921. The minimum absolute atomic E-state index is 0.0256. The van der Waals surface area contributed by atoms with Crippen LogP contribution in [0.4, 0.5) is 0 Å². The Balaban J connectivity index is 1.66. The van der Waals surface area contributed by atoms with E-state index < -0.39 is 0 Å². The maximum absolute atomic E-state index is 14.4. The van der Waals surface area contributed by atoms with Crippen LogP contribution in [0.2, 0.25) is 0 Å². The summed E-state index contributed by atoms with van der Waals surface area (Å²) in [5.74, 6) is 0.853. The van der Waals surface area contributed by atoms with E-state index in [0.29, 0.717) is 29.8 Å². The molecular weight excluding hydrogens is 460 g/mol. The van der Waals surface area contributed by atoms with Crippen LogP contribution in [0.1, 0.15) is 115 Å². The van der Waals surface area contributed by atoms with Crippen molar-refractivity contribution < 1.29 is 14.3 Å². The Morgan fingerprint density at radius 3 is 2.05 bits per heavy atom. The summed E-state index contributed by atoms with van der Waals surface area (Å²) in [4.78, 5) is 28.5. The van der Waals surface area contributed by atoms with Crippen molar-refractivity contribution in [3.63, 3.8) is 0 Å². The minimum Gasteiger partial charge on any atom is -0.366 e. The maximum atomic E-state index is 14.4. The third-order valence-corrected chi connectivity index (χ3v) is 11.3. The second-order valence-corrected chi connectivity index (χ2v) is 17.1. The average molecular weight is 517 g/mol. The van der Waals surface area contributed by atoms with E-state index in [1.54, 1.807) is 0 Å². The molecule has 1 N–H and O–H groups in total. The van der Waals surface area contributed by atoms with Crippen LogP contribution >= 0.6 is 0 Å². The number of hydrogen-bond donors (Lipinski definition) is 1. The Morgan fingerprint density at radius 2 is 1.43 bits per heavy atom. The SMILES string of the molecule is CC1C2(C)CC(C)(C)CC(C(=O)N3CCC4OCC(=O)NC4C3)C(C)(C)CC(C)(C)CC(C)(C)CC12C. The fourth-order valence-corrected chi connectivity index (χ4v) is 10.2. The number of nitrogens with zero attached hydrogens (tertiary/aromatic N) is 1. The van der Waals surface area contributed by atoms with Crippen molar-refractivity contribution in [1.29, 1.82) is 0 Å². The number of fused-ring (bicyclic) bond motifs is 2. The predicted molar refractivity (Wildman–Crippen MR) is 150 cm³/mol. The summed E-state index contributed by atoms with van der Waals surface area (Å²) in [6.07, 6.45) is 6.35. The van der Waals surface area contributed by atoms with E-state index in [0.717, 1.165) is 25.7 Å². The molecule has 5 nitrogen and oxygen atoms in total. The first-order chi connectivity index (χ1) is 16.7. The number of morpholine rings is 1. The van der Waals surface area contributed by atoms with Crippen molar-refractivity contribution in [3.05, 3.63) is 0 Å². The molecule has 6 atom stereocenters. The van der Waals surface area contributed by atoms with E-state index in [2.05, 4.69) is 81.5 Å². The zero-order chi connectivity index (χ0) is 27.8. The van der Waals surface area contributed by atoms with E-state index in [9.17, 15) is 9.59 Å².